The fourth-order valence-corrected chi connectivity index (χ4v) is 1.62. The first-order valence-corrected chi connectivity index (χ1v) is 5.48. The van der Waals surface area contributed by atoms with Gasteiger partial charge in [-0.05, 0) is 19.3 Å². The molecular formula is C11H21NO. The molecule has 0 unspecified atom stereocenters. The van der Waals surface area contributed by atoms with E-state index >= 15 is 0 Å². The molecule has 13 heavy (non-hydrogen) atoms. The SMILES string of the molecule is CCCCC1=NC(CC)(CC)CO1. The van der Waals surface area contributed by atoms with Gasteiger partial charge in [-0.3, -0.25) is 0 Å². The Morgan fingerprint density at radius 2 is 2.00 bits per heavy atom. The average molecular weight is 183 g/mol. The van der Waals surface area contributed by atoms with Crippen LogP contribution in [0.3, 0.4) is 0 Å². The lowest BCUT2D eigenvalue weighted by Crippen LogP contribution is -2.25. The summed E-state index contributed by atoms with van der Waals surface area (Å²) in [6, 6.07) is 0. The summed E-state index contributed by atoms with van der Waals surface area (Å²) < 4.78 is 5.60. The first-order valence-electron chi connectivity index (χ1n) is 5.48. The molecule has 0 spiro atoms. The average Bonchev–Trinajstić information content (AvgIpc) is 2.59. The molecule has 1 heterocycles. The van der Waals surface area contributed by atoms with E-state index in [1.165, 1.54) is 12.8 Å². The molecule has 0 N–H and O–H groups in total. The van der Waals surface area contributed by atoms with E-state index in [1.807, 2.05) is 0 Å². The summed E-state index contributed by atoms with van der Waals surface area (Å²) in [7, 11) is 0. The highest BCUT2D eigenvalue weighted by molar-refractivity contribution is 5.78. The molecule has 0 aromatic rings. The van der Waals surface area contributed by atoms with Crippen LogP contribution in [0.2, 0.25) is 0 Å². The van der Waals surface area contributed by atoms with Gasteiger partial charge in [-0.15, -0.1) is 0 Å². The second-order valence-corrected chi connectivity index (χ2v) is 3.83. The van der Waals surface area contributed by atoms with Crippen LogP contribution in [0.1, 0.15) is 52.9 Å². The largest absolute Gasteiger partial charge is 0.478 e. The molecule has 0 aromatic heterocycles. The zero-order chi connectivity index (χ0) is 9.73. The Kier molecular flexibility index (Phi) is 3.76. The van der Waals surface area contributed by atoms with E-state index in [9.17, 15) is 0 Å². The third kappa shape index (κ3) is 2.45. The van der Waals surface area contributed by atoms with Gasteiger partial charge in [0.15, 0.2) is 5.90 Å². The van der Waals surface area contributed by atoms with E-state index in [-0.39, 0.29) is 5.54 Å². The molecule has 1 aliphatic heterocycles. The quantitative estimate of drug-likeness (QED) is 0.641. The fraction of sp³-hybridized carbons (Fsp3) is 0.909. The third-order valence-corrected chi connectivity index (χ3v) is 2.93. The normalized spacial score (nSPS) is 19.8. The van der Waals surface area contributed by atoms with Gasteiger partial charge in [-0.2, -0.15) is 0 Å². The first kappa shape index (κ1) is 10.6. The molecule has 0 saturated carbocycles. The number of nitrogens with zero attached hydrogens (tertiary/aromatic N) is 1. The first-order chi connectivity index (χ1) is 6.26. The number of unbranched alkanes of at least 4 members (excludes halogenated alkanes) is 1. The molecule has 0 amide bonds. The van der Waals surface area contributed by atoms with Gasteiger partial charge >= 0.3 is 0 Å². The molecule has 0 atom stereocenters. The highest BCUT2D eigenvalue weighted by Gasteiger charge is 2.32. The van der Waals surface area contributed by atoms with E-state index in [2.05, 4.69) is 25.8 Å². The van der Waals surface area contributed by atoms with E-state index in [1.54, 1.807) is 0 Å². The van der Waals surface area contributed by atoms with E-state index in [0.717, 1.165) is 31.8 Å². The second kappa shape index (κ2) is 4.64. The zero-order valence-electron chi connectivity index (χ0n) is 9.10. The highest BCUT2D eigenvalue weighted by Crippen LogP contribution is 2.27. The molecule has 76 valence electrons. The minimum absolute atomic E-state index is 0.114. The molecule has 0 bridgehead atoms. The topological polar surface area (TPSA) is 21.6 Å². The highest BCUT2D eigenvalue weighted by atomic mass is 16.5. The smallest absolute Gasteiger partial charge is 0.183 e. The van der Waals surface area contributed by atoms with Crippen molar-refractivity contribution in [3.63, 3.8) is 0 Å². The van der Waals surface area contributed by atoms with Crippen molar-refractivity contribution in [1.82, 2.24) is 0 Å². The fourth-order valence-electron chi connectivity index (χ4n) is 1.62. The summed E-state index contributed by atoms with van der Waals surface area (Å²) in [5.74, 6) is 0.991. The van der Waals surface area contributed by atoms with Gasteiger partial charge in [0.1, 0.15) is 6.61 Å². The van der Waals surface area contributed by atoms with Crippen molar-refractivity contribution >= 4 is 5.90 Å². The van der Waals surface area contributed by atoms with Gasteiger partial charge in [0.05, 0.1) is 5.54 Å². The number of hydrogen-bond acceptors (Lipinski definition) is 2. The number of hydrogen-bond donors (Lipinski definition) is 0. The molecule has 1 rings (SSSR count). The molecular weight excluding hydrogens is 162 g/mol. The predicted molar refractivity (Wildman–Crippen MR) is 56.2 cm³/mol. The van der Waals surface area contributed by atoms with Crippen molar-refractivity contribution in [3.05, 3.63) is 0 Å². The minimum Gasteiger partial charge on any atom is -0.478 e. The van der Waals surface area contributed by atoms with Crippen LogP contribution in [0, 0.1) is 0 Å². The van der Waals surface area contributed by atoms with Gasteiger partial charge in [0.2, 0.25) is 0 Å². The standard InChI is InChI=1S/C11H21NO/c1-4-7-8-10-12-11(5-2,6-3)9-13-10/h4-9H2,1-3H3. The lowest BCUT2D eigenvalue weighted by atomic mass is 9.96. The van der Waals surface area contributed by atoms with Crippen molar-refractivity contribution in [1.29, 1.82) is 0 Å². The molecule has 0 radical (unpaired) electrons. The molecule has 2 heteroatoms. The Balaban J connectivity index is 2.50. The van der Waals surface area contributed by atoms with Crippen LogP contribution < -0.4 is 0 Å². The van der Waals surface area contributed by atoms with Gasteiger partial charge in [0, 0.05) is 6.42 Å². The summed E-state index contributed by atoms with van der Waals surface area (Å²) >= 11 is 0. The van der Waals surface area contributed by atoms with Gasteiger partial charge < -0.3 is 4.74 Å². The van der Waals surface area contributed by atoms with Crippen LogP contribution in [-0.2, 0) is 4.74 Å². The van der Waals surface area contributed by atoms with Crippen LogP contribution in [0.4, 0.5) is 0 Å². The molecule has 0 saturated heterocycles. The molecule has 0 aromatic carbocycles. The summed E-state index contributed by atoms with van der Waals surface area (Å²) in [4.78, 5) is 4.69. The zero-order valence-corrected chi connectivity index (χ0v) is 9.10. The van der Waals surface area contributed by atoms with Gasteiger partial charge in [0.25, 0.3) is 0 Å². The Morgan fingerprint density at radius 1 is 1.31 bits per heavy atom. The van der Waals surface area contributed by atoms with Crippen molar-refractivity contribution in [3.8, 4) is 0 Å². The van der Waals surface area contributed by atoms with Crippen LogP contribution in [0.5, 0.6) is 0 Å². The maximum atomic E-state index is 5.60. The van der Waals surface area contributed by atoms with Crippen LogP contribution in [0.25, 0.3) is 0 Å². The number of ether oxygens (including phenoxy) is 1. The van der Waals surface area contributed by atoms with E-state index in [0.29, 0.717) is 0 Å². The van der Waals surface area contributed by atoms with Crippen molar-refractivity contribution < 1.29 is 4.74 Å². The Bertz CT molecular complexity index is 183. The van der Waals surface area contributed by atoms with E-state index in [4.69, 9.17) is 4.74 Å². The maximum absolute atomic E-state index is 5.60. The Hall–Kier alpha value is -0.530. The van der Waals surface area contributed by atoms with Crippen molar-refractivity contribution in [2.24, 2.45) is 4.99 Å². The summed E-state index contributed by atoms with van der Waals surface area (Å²) in [5, 5.41) is 0. The number of rotatable bonds is 5. The molecule has 0 aliphatic carbocycles. The summed E-state index contributed by atoms with van der Waals surface area (Å²) in [5.41, 5.74) is 0.114. The van der Waals surface area contributed by atoms with Crippen LogP contribution in [0.15, 0.2) is 4.99 Å². The molecule has 2 nitrogen and oxygen atoms in total. The van der Waals surface area contributed by atoms with Gasteiger partial charge in [-0.1, -0.05) is 27.2 Å². The number of aliphatic imine (C=N–C) groups is 1. The summed E-state index contributed by atoms with van der Waals surface area (Å²) in [6.07, 6.45) is 5.63. The Morgan fingerprint density at radius 3 is 2.46 bits per heavy atom. The third-order valence-electron chi connectivity index (χ3n) is 2.93. The lowest BCUT2D eigenvalue weighted by Gasteiger charge is -2.18. The lowest BCUT2D eigenvalue weighted by molar-refractivity contribution is 0.240. The van der Waals surface area contributed by atoms with Crippen molar-refractivity contribution in [2.75, 3.05) is 6.61 Å². The molecule has 0 fully saturated rings. The maximum Gasteiger partial charge on any atom is 0.183 e. The summed E-state index contributed by atoms with van der Waals surface area (Å²) in [6.45, 7) is 7.39. The monoisotopic (exact) mass is 183 g/mol. The Labute approximate surface area is 81.4 Å². The van der Waals surface area contributed by atoms with Crippen LogP contribution >= 0.6 is 0 Å². The predicted octanol–water partition coefficient (Wildman–Crippen LogP) is 3.16. The minimum atomic E-state index is 0.114. The van der Waals surface area contributed by atoms with Crippen LogP contribution in [-0.4, -0.2) is 18.0 Å². The molecule has 1 aliphatic rings. The van der Waals surface area contributed by atoms with Crippen molar-refractivity contribution in [2.45, 2.75) is 58.4 Å². The van der Waals surface area contributed by atoms with Gasteiger partial charge in [-0.25, -0.2) is 4.99 Å². The second-order valence-electron chi connectivity index (χ2n) is 3.83. The van der Waals surface area contributed by atoms with E-state index < -0.39 is 0 Å².